The van der Waals surface area contributed by atoms with Gasteiger partial charge in [-0.3, -0.25) is 0 Å². The summed E-state index contributed by atoms with van der Waals surface area (Å²) in [5, 5.41) is 0. The highest BCUT2D eigenvalue weighted by molar-refractivity contribution is 9.09. The first-order valence-electron chi connectivity index (χ1n) is 4.99. The molecular formula is C10H22BrN. The number of hydrogen-bond donors (Lipinski definition) is 1. The molecule has 0 bridgehead atoms. The third-order valence-electron chi connectivity index (χ3n) is 2.73. The molecule has 0 aromatic rings. The Morgan fingerprint density at radius 1 is 1.25 bits per heavy atom. The lowest BCUT2D eigenvalue weighted by atomic mass is 9.94. The minimum absolute atomic E-state index is 0.649. The Bertz CT molecular complexity index is 102. The Balaban J connectivity index is 3.72. The van der Waals surface area contributed by atoms with E-state index in [9.17, 15) is 0 Å². The normalized spacial score (nSPS) is 18.8. The highest BCUT2D eigenvalue weighted by Crippen LogP contribution is 2.24. The minimum Gasteiger partial charge on any atom is -0.330 e. The first-order chi connectivity index (χ1) is 5.65. The van der Waals surface area contributed by atoms with Crippen molar-refractivity contribution in [2.45, 2.75) is 44.9 Å². The van der Waals surface area contributed by atoms with E-state index in [4.69, 9.17) is 5.73 Å². The fourth-order valence-electron chi connectivity index (χ4n) is 1.24. The lowest BCUT2D eigenvalue weighted by molar-refractivity contribution is 0.415. The Morgan fingerprint density at radius 3 is 2.17 bits per heavy atom. The second-order valence-electron chi connectivity index (χ2n) is 3.65. The summed E-state index contributed by atoms with van der Waals surface area (Å²) in [5.41, 5.74) is 5.65. The van der Waals surface area contributed by atoms with Crippen LogP contribution < -0.4 is 5.73 Å². The molecular weight excluding hydrogens is 214 g/mol. The second kappa shape index (κ2) is 6.90. The van der Waals surface area contributed by atoms with Crippen LogP contribution in [0.5, 0.6) is 0 Å². The zero-order valence-electron chi connectivity index (χ0n) is 8.52. The average molecular weight is 236 g/mol. The average Bonchev–Trinajstić information content (AvgIpc) is 2.12. The smallest absolute Gasteiger partial charge is 0.0174 e. The summed E-state index contributed by atoms with van der Waals surface area (Å²) in [7, 11) is 0. The molecule has 0 fully saturated rings. The predicted molar refractivity (Wildman–Crippen MR) is 59.6 cm³/mol. The van der Waals surface area contributed by atoms with E-state index < -0.39 is 0 Å². The maximum atomic E-state index is 5.65. The molecule has 0 aliphatic heterocycles. The van der Waals surface area contributed by atoms with Gasteiger partial charge in [-0.25, -0.2) is 0 Å². The van der Waals surface area contributed by atoms with Crippen LogP contribution in [-0.4, -0.2) is 11.4 Å². The molecule has 0 radical (unpaired) electrons. The molecule has 0 spiro atoms. The molecule has 0 aliphatic carbocycles. The standard InChI is InChI=1S/C10H22BrN/c1-4-8(3)10(11)6-9(5-2)7-12/h8-10H,4-7,12H2,1-3H3/t8?,9?,10-/m1/s1. The van der Waals surface area contributed by atoms with E-state index in [-0.39, 0.29) is 0 Å². The SMILES string of the molecule is CCC(CN)C[C@@H](Br)C(C)CC. The summed E-state index contributed by atoms with van der Waals surface area (Å²) in [6.45, 7) is 7.58. The number of hydrogen-bond acceptors (Lipinski definition) is 1. The van der Waals surface area contributed by atoms with Crippen molar-refractivity contribution in [1.29, 1.82) is 0 Å². The maximum Gasteiger partial charge on any atom is 0.0174 e. The van der Waals surface area contributed by atoms with Gasteiger partial charge >= 0.3 is 0 Å². The highest BCUT2D eigenvalue weighted by atomic mass is 79.9. The Labute approximate surface area is 85.2 Å². The quantitative estimate of drug-likeness (QED) is 0.704. The molecule has 2 heteroatoms. The van der Waals surface area contributed by atoms with Crippen LogP contribution in [0.2, 0.25) is 0 Å². The second-order valence-corrected chi connectivity index (χ2v) is 4.82. The molecule has 0 rings (SSSR count). The number of halogens is 1. The van der Waals surface area contributed by atoms with Crippen LogP contribution >= 0.6 is 15.9 Å². The summed E-state index contributed by atoms with van der Waals surface area (Å²) in [5.74, 6) is 1.47. The summed E-state index contributed by atoms with van der Waals surface area (Å²) >= 11 is 3.73. The third kappa shape index (κ3) is 4.46. The molecule has 0 amide bonds. The summed E-state index contributed by atoms with van der Waals surface area (Å²) in [6, 6.07) is 0. The van der Waals surface area contributed by atoms with Crippen LogP contribution in [0.15, 0.2) is 0 Å². The third-order valence-corrected chi connectivity index (χ3v) is 4.01. The largest absolute Gasteiger partial charge is 0.330 e. The molecule has 0 saturated carbocycles. The van der Waals surface area contributed by atoms with E-state index in [2.05, 4.69) is 36.7 Å². The summed E-state index contributed by atoms with van der Waals surface area (Å²) in [4.78, 5) is 0.649. The van der Waals surface area contributed by atoms with Crippen molar-refractivity contribution >= 4 is 15.9 Å². The van der Waals surface area contributed by atoms with Crippen molar-refractivity contribution in [2.24, 2.45) is 17.6 Å². The van der Waals surface area contributed by atoms with Gasteiger partial charge in [-0.2, -0.15) is 0 Å². The van der Waals surface area contributed by atoms with E-state index in [1.807, 2.05) is 0 Å². The van der Waals surface area contributed by atoms with Crippen LogP contribution in [0.4, 0.5) is 0 Å². The van der Waals surface area contributed by atoms with Gasteiger partial charge in [-0.1, -0.05) is 49.5 Å². The van der Waals surface area contributed by atoms with Crippen molar-refractivity contribution in [3.63, 3.8) is 0 Å². The molecule has 0 heterocycles. The molecule has 12 heavy (non-hydrogen) atoms. The minimum atomic E-state index is 0.649. The van der Waals surface area contributed by atoms with Gasteiger partial charge in [-0.05, 0) is 24.8 Å². The van der Waals surface area contributed by atoms with E-state index in [0.29, 0.717) is 10.7 Å². The lowest BCUT2D eigenvalue weighted by Gasteiger charge is -2.21. The molecule has 0 saturated heterocycles. The van der Waals surface area contributed by atoms with Gasteiger partial charge in [0.15, 0.2) is 0 Å². The van der Waals surface area contributed by atoms with E-state index in [1.165, 1.54) is 19.3 Å². The van der Waals surface area contributed by atoms with Crippen LogP contribution in [0.3, 0.4) is 0 Å². The molecule has 0 aromatic heterocycles. The molecule has 0 aromatic carbocycles. The van der Waals surface area contributed by atoms with E-state index >= 15 is 0 Å². The van der Waals surface area contributed by atoms with Gasteiger partial charge in [-0.15, -0.1) is 0 Å². The summed E-state index contributed by atoms with van der Waals surface area (Å²) in [6.07, 6.45) is 3.67. The molecule has 2 unspecified atom stereocenters. The zero-order valence-corrected chi connectivity index (χ0v) is 10.1. The number of rotatable bonds is 6. The van der Waals surface area contributed by atoms with Crippen LogP contribution in [0.25, 0.3) is 0 Å². The van der Waals surface area contributed by atoms with Crippen molar-refractivity contribution < 1.29 is 0 Å². The molecule has 3 atom stereocenters. The van der Waals surface area contributed by atoms with Gasteiger partial charge in [0, 0.05) is 4.83 Å². The van der Waals surface area contributed by atoms with Gasteiger partial charge in [0.2, 0.25) is 0 Å². The predicted octanol–water partition coefficient (Wildman–Crippen LogP) is 3.17. The van der Waals surface area contributed by atoms with Crippen molar-refractivity contribution in [2.75, 3.05) is 6.54 Å². The first kappa shape index (κ1) is 12.4. The molecule has 0 aliphatic rings. The fraction of sp³-hybridized carbons (Fsp3) is 1.00. The topological polar surface area (TPSA) is 26.0 Å². The molecule has 2 N–H and O–H groups in total. The monoisotopic (exact) mass is 235 g/mol. The fourth-order valence-corrected chi connectivity index (χ4v) is 2.14. The highest BCUT2D eigenvalue weighted by Gasteiger charge is 2.16. The van der Waals surface area contributed by atoms with Gasteiger partial charge < -0.3 is 5.73 Å². The van der Waals surface area contributed by atoms with Crippen molar-refractivity contribution in [1.82, 2.24) is 0 Å². The van der Waals surface area contributed by atoms with Gasteiger partial charge in [0.1, 0.15) is 0 Å². The summed E-state index contributed by atoms with van der Waals surface area (Å²) < 4.78 is 0. The Morgan fingerprint density at radius 2 is 1.83 bits per heavy atom. The van der Waals surface area contributed by atoms with Crippen molar-refractivity contribution in [3.05, 3.63) is 0 Å². The van der Waals surface area contributed by atoms with Gasteiger partial charge in [0.25, 0.3) is 0 Å². The molecule has 1 nitrogen and oxygen atoms in total. The number of alkyl halides is 1. The van der Waals surface area contributed by atoms with Crippen LogP contribution in [-0.2, 0) is 0 Å². The van der Waals surface area contributed by atoms with Crippen LogP contribution in [0, 0.1) is 11.8 Å². The van der Waals surface area contributed by atoms with Crippen molar-refractivity contribution in [3.8, 4) is 0 Å². The Hall–Kier alpha value is 0.440. The molecule has 74 valence electrons. The zero-order chi connectivity index (χ0) is 9.56. The van der Waals surface area contributed by atoms with E-state index in [1.54, 1.807) is 0 Å². The maximum absolute atomic E-state index is 5.65. The lowest BCUT2D eigenvalue weighted by Crippen LogP contribution is -2.20. The van der Waals surface area contributed by atoms with Gasteiger partial charge in [0.05, 0.1) is 0 Å². The van der Waals surface area contributed by atoms with E-state index in [0.717, 1.165) is 12.5 Å². The van der Waals surface area contributed by atoms with Crippen LogP contribution in [0.1, 0.15) is 40.0 Å². The Kier molecular flexibility index (Phi) is 7.16. The first-order valence-corrected chi connectivity index (χ1v) is 5.91. The number of nitrogens with two attached hydrogens (primary N) is 1.